The number of aromatic amines is 1. The molecule has 2 aromatic rings. The molecular formula is C16H19Cl2N5O2. The number of guanidine groups is 1. The van der Waals surface area contributed by atoms with Crippen LogP contribution < -0.4 is 4.90 Å². The summed E-state index contributed by atoms with van der Waals surface area (Å²) in [6, 6.07) is 7.65. The van der Waals surface area contributed by atoms with Gasteiger partial charge >= 0.3 is 0 Å². The van der Waals surface area contributed by atoms with E-state index in [1.54, 1.807) is 11.2 Å². The summed E-state index contributed by atoms with van der Waals surface area (Å²) in [6.45, 7) is 5.19. The van der Waals surface area contributed by atoms with Gasteiger partial charge in [0.1, 0.15) is 5.69 Å². The molecule has 9 heteroatoms. The number of fused-ring (bicyclic) bond motifs is 2. The minimum Gasteiger partial charge on any atom is -0.412 e. The van der Waals surface area contributed by atoms with Crippen molar-refractivity contribution in [1.29, 1.82) is 0 Å². The van der Waals surface area contributed by atoms with Crippen molar-refractivity contribution < 1.29 is 10.3 Å². The molecule has 0 bridgehead atoms. The molecule has 3 heterocycles. The van der Waals surface area contributed by atoms with Gasteiger partial charge in [-0.15, -0.1) is 12.4 Å². The van der Waals surface area contributed by atoms with Gasteiger partial charge in [-0.25, -0.2) is 9.98 Å². The van der Waals surface area contributed by atoms with E-state index in [4.69, 9.17) is 16.6 Å². The van der Waals surface area contributed by atoms with Gasteiger partial charge in [-0.1, -0.05) is 23.7 Å². The van der Waals surface area contributed by atoms with Crippen LogP contribution >= 0.6 is 24.0 Å². The number of carbonyl (C=O) groups is 1. The molecule has 0 atom stereocenters. The number of carbonyl (C=O) groups excluding carboxylic acids is 1. The van der Waals surface area contributed by atoms with Crippen LogP contribution in [0, 0.1) is 0 Å². The molecule has 7 nitrogen and oxygen atoms in total. The fourth-order valence-corrected chi connectivity index (χ4v) is 3.12. The summed E-state index contributed by atoms with van der Waals surface area (Å²) < 4.78 is 0. The Kier molecular flexibility index (Phi) is 5.13. The second kappa shape index (κ2) is 6.67. The molecule has 0 spiro atoms. The number of rotatable bonds is 2. The van der Waals surface area contributed by atoms with E-state index in [1.165, 1.54) is 0 Å². The van der Waals surface area contributed by atoms with Crippen molar-refractivity contribution in [2.24, 2.45) is 4.99 Å². The van der Waals surface area contributed by atoms with E-state index in [1.807, 2.05) is 43.0 Å². The average molecular weight is 384 g/mol. The molecule has 0 fully saturated rings. The molecule has 134 valence electrons. The van der Waals surface area contributed by atoms with Crippen molar-refractivity contribution in [2.75, 3.05) is 11.4 Å². The number of H-pyrrole nitrogens is 1. The first-order valence-corrected chi connectivity index (χ1v) is 7.79. The molecule has 0 radical (unpaired) electrons. The zero-order valence-corrected chi connectivity index (χ0v) is 15.4. The van der Waals surface area contributed by atoms with Gasteiger partial charge in [-0.05, 0) is 31.5 Å². The molecule has 0 saturated heterocycles. The quantitative estimate of drug-likeness (QED) is 0.860. The number of aliphatic imine (C=N–C) groups is 1. The lowest BCUT2D eigenvalue weighted by Crippen LogP contribution is -2.50. The number of anilines is 1. The smallest absolute Gasteiger partial charge is 0.280 e. The fraction of sp³-hybridized carbons (Fsp3) is 0.312. The van der Waals surface area contributed by atoms with Crippen molar-refractivity contribution in [2.45, 2.75) is 25.9 Å². The van der Waals surface area contributed by atoms with E-state index in [2.05, 4.69) is 9.97 Å². The van der Waals surface area contributed by atoms with E-state index < -0.39 is 0 Å². The van der Waals surface area contributed by atoms with Crippen molar-refractivity contribution in [3.05, 3.63) is 46.9 Å². The summed E-state index contributed by atoms with van der Waals surface area (Å²) in [7, 11) is 0. The van der Waals surface area contributed by atoms with Crippen LogP contribution in [-0.4, -0.2) is 44.3 Å². The number of benzene rings is 1. The lowest BCUT2D eigenvalue weighted by atomic mass is 10.1. The van der Waals surface area contributed by atoms with Crippen LogP contribution in [0.5, 0.6) is 0 Å². The van der Waals surface area contributed by atoms with Gasteiger partial charge in [-0.3, -0.25) is 14.6 Å². The fourth-order valence-electron chi connectivity index (χ4n) is 2.99. The number of amides is 1. The Balaban J connectivity index is 0.00000113. The van der Waals surface area contributed by atoms with E-state index >= 15 is 0 Å². The average Bonchev–Trinajstić information content (AvgIpc) is 3.10. The SMILES string of the molecule is CC1(C)CN2C(=O)c3[nH]cnc3N(Cc3ccc(Cl)cc3)C2=N1.Cl.O. The molecule has 2 aliphatic rings. The summed E-state index contributed by atoms with van der Waals surface area (Å²) in [6.07, 6.45) is 1.55. The normalized spacial score (nSPS) is 17.2. The second-order valence-electron chi connectivity index (χ2n) is 6.43. The molecule has 4 rings (SSSR count). The zero-order valence-electron chi connectivity index (χ0n) is 13.8. The zero-order chi connectivity index (χ0) is 16.2. The number of halogens is 2. The van der Waals surface area contributed by atoms with Crippen LogP contribution in [0.1, 0.15) is 29.9 Å². The highest BCUT2D eigenvalue weighted by Gasteiger charge is 2.44. The molecule has 0 unspecified atom stereocenters. The van der Waals surface area contributed by atoms with Crippen molar-refractivity contribution in [3.63, 3.8) is 0 Å². The Morgan fingerprint density at radius 1 is 1.28 bits per heavy atom. The maximum atomic E-state index is 12.6. The van der Waals surface area contributed by atoms with Crippen LogP contribution in [-0.2, 0) is 6.54 Å². The summed E-state index contributed by atoms with van der Waals surface area (Å²) in [4.78, 5) is 28.3. The highest BCUT2D eigenvalue weighted by molar-refractivity contribution is 6.30. The molecule has 3 N–H and O–H groups in total. The van der Waals surface area contributed by atoms with Crippen LogP contribution in [0.2, 0.25) is 5.02 Å². The van der Waals surface area contributed by atoms with E-state index in [9.17, 15) is 4.79 Å². The maximum Gasteiger partial charge on any atom is 0.280 e. The first kappa shape index (κ1) is 19.2. The predicted octanol–water partition coefficient (Wildman–Crippen LogP) is 2.27. The largest absolute Gasteiger partial charge is 0.412 e. The van der Waals surface area contributed by atoms with Crippen molar-refractivity contribution >= 4 is 41.7 Å². The number of nitrogens with one attached hydrogen (secondary N) is 1. The summed E-state index contributed by atoms with van der Waals surface area (Å²) in [5.41, 5.74) is 1.29. The molecule has 0 aliphatic carbocycles. The summed E-state index contributed by atoms with van der Waals surface area (Å²) in [5, 5.41) is 0.698. The highest BCUT2D eigenvalue weighted by Crippen LogP contribution is 2.33. The number of hydrogen-bond acceptors (Lipinski definition) is 4. The molecule has 1 aromatic heterocycles. The number of hydrogen-bond donors (Lipinski definition) is 1. The molecule has 25 heavy (non-hydrogen) atoms. The minimum absolute atomic E-state index is 0. The molecule has 0 saturated carbocycles. The van der Waals surface area contributed by atoms with Crippen LogP contribution in [0.4, 0.5) is 5.82 Å². The third-order valence-corrected chi connectivity index (χ3v) is 4.27. The topological polar surface area (TPSA) is 96.1 Å². The first-order chi connectivity index (χ1) is 10.9. The first-order valence-electron chi connectivity index (χ1n) is 7.42. The minimum atomic E-state index is -0.299. The summed E-state index contributed by atoms with van der Waals surface area (Å²) in [5.74, 6) is 1.21. The van der Waals surface area contributed by atoms with Crippen LogP contribution in [0.25, 0.3) is 0 Å². The van der Waals surface area contributed by atoms with Gasteiger partial charge in [0.05, 0.1) is 25.0 Å². The Hall–Kier alpha value is -2.09. The van der Waals surface area contributed by atoms with Gasteiger partial charge in [0.15, 0.2) is 5.82 Å². The third-order valence-electron chi connectivity index (χ3n) is 4.02. The Bertz CT molecular complexity index is 816. The van der Waals surface area contributed by atoms with Crippen molar-refractivity contribution in [1.82, 2.24) is 14.9 Å². The lowest BCUT2D eigenvalue weighted by Gasteiger charge is -2.33. The van der Waals surface area contributed by atoms with Gasteiger partial charge < -0.3 is 10.5 Å². The molecule has 1 amide bonds. The highest BCUT2D eigenvalue weighted by atomic mass is 35.5. The van der Waals surface area contributed by atoms with Gasteiger partial charge in [0, 0.05) is 5.02 Å². The molecule has 2 aliphatic heterocycles. The summed E-state index contributed by atoms with van der Waals surface area (Å²) >= 11 is 5.96. The lowest BCUT2D eigenvalue weighted by molar-refractivity contribution is 0.0833. The van der Waals surface area contributed by atoms with Gasteiger partial charge in [0.25, 0.3) is 5.91 Å². The number of nitrogens with zero attached hydrogens (tertiary/aromatic N) is 4. The monoisotopic (exact) mass is 383 g/mol. The Morgan fingerprint density at radius 3 is 2.64 bits per heavy atom. The Labute approximate surface area is 156 Å². The Morgan fingerprint density at radius 2 is 1.96 bits per heavy atom. The maximum absolute atomic E-state index is 12.6. The van der Waals surface area contributed by atoms with E-state index in [0.717, 1.165) is 5.56 Å². The van der Waals surface area contributed by atoms with Crippen molar-refractivity contribution in [3.8, 4) is 0 Å². The van der Waals surface area contributed by atoms with Crippen LogP contribution in [0.15, 0.2) is 35.6 Å². The number of aromatic nitrogens is 2. The molecule has 1 aromatic carbocycles. The third kappa shape index (κ3) is 3.22. The predicted molar refractivity (Wildman–Crippen MR) is 99.6 cm³/mol. The van der Waals surface area contributed by atoms with Gasteiger partial charge in [0.2, 0.25) is 5.96 Å². The molecular weight excluding hydrogens is 365 g/mol. The second-order valence-corrected chi connectivity index (χ2v) is 6.87. The standard InChI is InChI=1S/C16H16ClN5O.ClH.H2O/c1-16(2)8-22-14(23)12-13(19-9-18-12)21(15(22)20-16)7-10-3-5-11(17)6-4-10;;/h3-6,9H,7-8H2,1-2H3,(H,18,19);1H;1H2. The van der Waals surface area contributed by atoms with E-state index in [-0.39, 0.29) is 29.3 Å². The van der Waals surface area contributed by atoms with Crippen LogP contribution in [0.3, 0.4) is 0 Å². The van der Waals surface area contributed by atoms with E-state index in [0.29, 0.717) is 35.6 Å². The van der Waals surface area contributed by atoms with Gasteiger partial charge in [-0.2, -0.15) is 0 Å². The number of imidazole rings is 1.